The van der Waals surface area contributed by atoms with E-state index in [1.165, 1.54) is 0 Å². The summed E-state index contributed by atoms with van der Waals surface area (Å²) in [5.74, 6) is -6.69. The number of nitrogens with zero attached hydrogens (tertiary/aromatic N) is 2. The molecule has 36 heavy (non-hydrogen) atoms. The average molecular weight is 549 g/mol. The SMILES string of the molecule is [2H]C([2H])([2H])O[C@@]1(C(F)(F)F)C[C@@H](C(=O)Nc2ccnc(S(N)(=O)=O)c2)N(c2ccc(F)c(F)c2OC(F)F)C1. The Kier molecular flexibility index (Phi) is 6.26. The molecular formula is C19H17F7N4O5S. The Labute approximate surface area is 203 Å². The molecule has 2 aromatic rings. The van der Waals surface area contributed by atoms with E-state index in [1.807, 2.05) is 0 Å². The Balaban J connectivity index is 2.15. The summed E-state index contributed by atoms with van der Waals surface area (Å²) >= 11 is 0. The van der Waals surface area contributed by atoms with Crippen molar-refractivity contribution in [2.24, 2.45) is 5.14 Å². The van der Waals surface area contributed by atoms with Crippen molar-refractivity contribution in [2.45, 2.75) is 35.9 Å². The predicted octanol–water partition coefficient (Wildman–Crippen LogP) is 2.77. The molecule has 3 N–H and O–H groups in total. The lowest BCUT2D eigenvalue weighted by Gasteiger charge is -2.31. The van der Waals surface area contributed by atoms with Crippen LogP contribution in [0.3, 0.4) is 0 Å². The van der Waals surface area contributed by atoms with Gasteiger partial charge in [-0.15, -0.1) is 0 Å². The minimum atomic E-state index is -5.49. The van der Waals surface area contributed by atoms with Crippen LogP contribution in [0.5, 0.6) is 5.75 Å². The van der Waals surface area contributed by atoms with Gasteiger partial charge in [-0.3, -0.25) is 4.79 Å². The molecule has 1 aromatic heterocycles. The average Bonchev–Trinajstić information content (AvgIpc) is 3.15. The third-order valence-corrected chi connectivity index (χ3v) is 5.99. The quantitative estimate of drug-likeness (QED) is 0.509. The van der Waals surface area contributed by atoms with Crippen molar-refractivity contribution in [3.05, 3.63) is 42.1 Å². The zero-order valence-electron chi connectivity index (χ0n) is 20.5. The van der Waals surface area contributed by atoms with E-state index >= 15 is 0 Å². The van der Waals surface area contributed by atoms with Crippen LogP contribution in [0.2, 0.25) is 0 Å². The van der Waals surface area contributed by atoms with Crippen molar-refractivity contribution in [2.75, 3.05) is 23.8 Å². The van der Waals surface area contributed by atoms with Crippen LogP contribution in [0.25, 0.3) is 0 Å². The lowest BCUT2D eigenvalue weighted by atomic mass is 9.99. The second kappa shape index (κ2) is 9.70. The van der Waals surface area contributed by atoms with Crippen molar-refractivity contribution < 1.29 is 57.5 Å². The number of sulfonamides is 1. The fourth-order valence-corrected chi connectivity index (χ4v) is 4.01. The summed E-state index contributed by atoms with van der Waals surface area (Å²) in [5.41, 5.74) is -4.96. The van der Waals surface area contributed by atoms with Crippen LogP contribution in [0, 0.1) is 11.6 Å². The zero-order chi connectivity index (χ0) is 29.6. The molecule has 198 valence electrons. The molecule has 2 atom stereocenters. The first-order chi connectivity index (χ1) is 17.7. The smallest absolute Gasteiger partial charge is 0.419 e. The number of amides is 1. The molecule has 0 bridgehead atoms. The number of carbonyl (C=O) groups excluding carboxylic acids is 1. The number of anilines is 2. The van der Waals surface area contributed by atoms with Crippen molar-refractivity contribution in [1.82, 2.24) is 4.98 Å². The number of benzene rings is 1. The van der Waals surface area contributed by atoms with Gasteiger partial charge < -0.3 is 19.7 Å². The molecule has 0 radical (unpaired) electrons. The molecule has 1 amide bonds. The third kappa shape index (κ3) is 5.31. The Morgan fingerprint density at radius 1 is 1.33 bits per heavy atom. The summed E-state index contributed by atoms with van der Waals surface area (Å²) in [4.78, 5) is 17.0. The normalized spacial score (nSPS) is 22.2. The maximum atomic E-state index is 14.4. The number of ether oxygens (including phenoxy) is 2. The minimum Gasteiger partial charge on any atom is -0.429 e. The molecular weight excluding hydrogens is 529 g/mol. The van der Waals surface area contributed by atoms with Gasteiger partial charge in [0, 0.05) is 31.4 Å². The van der Waals surface area contributed by atoms with Crippen LogP contribution in [-0.4, -0.2) is 57.3 Å². The monoisotopic (exact) mass is 549 g/mol. The Morgan fingerprint density at radius 3 is 2.61 bits per heavy atom. The standard InChI is InChI=1S/C19H17F7N4O5S/c1-34-18(19(24,25)26)7-12(16(31)29-9-4-5-28-13(6-9)36(27,32)33)30(8-18)11-3-2-10(20)14(21)15(11)35-17(22)23/h2-6,12,17H,7-8H2,1H3,(H2,27,32,33)(H,28,29,31)/t12-,18-/m0/s1/i1D3. The minimum absolute atomic E-state index is 0.352. The van der Waals surface area contributed by atoms with Gasteiger partial charge in [0.15, 0.2) is 22.2 Å². The summed E-state index contributed by atoms with van der Waals surface area (Å²) < 4.78 is 150. The Hall–Kier alpha value is -3.18. The van der Waals surface area contributed by atoms with Gasteiger partial charge in [-0.1, -0.05) is 0 Å². The summed E-state index contributed by atoms with van der Waals surface area (Å²) in [6.07, 6.45) is -6.08. The van der Waals surface area contributed by atoms with Crippen molar-refractivity contribution >= 4 is 27.3 Å². The van der Waals surface area contributed by atoms with Crippen LogP contribution in [0.4, 0.5) is 42.1 Å². The van der Waals surface area contributed by atoms with E-state index in [2.05, 4.69) is 19.8 Å². The maximum absolute atomic E-state index is 14.4. The first kappa shape index (κ1) is 23.2. The van der Waals surface area contributed by atoms with Crippen LogP contribution in [-0.2, 0) is 19.6 Å². The van der Waals surface area contributed by atoms with Gasteiger partial charge >= 0.3 is 12.8 Å². The first-order valence-electron chi connectivity index (χ1n) is 11.0. The highest BCUT2D eigenvalue weighted by molar-refractivity contribution is 7.89. The number of alkyl halides is 5. The number of halogens is 7. The van der Waals surface area contributed by atoms with Crippen LogP contribution < -0.4 is 20.1 Å². The van der Waals surface area contributed by atoms with E-state index in [9.17, 15) is 43.9 Å². The molecule has 2 heterocycles. The highest BCUT2D eigenvalue weighted by Gasteiger charge is 2.63. The van der Waals surface area contributed by atoms with Gasteiger partial charge in [-0.05, 0) is 18.2 Å². The second-order valence-electron chi connectivity index (χ2n) is 7.45. The number of carbonyl (C=O) groups is 1. The lowest BCUT2D eigenvalue weighted by Crippen LogP contribution is -2.49. The predicted molar refractivity (Wildman–Crippen MR) is 109 cm³/mol. The van der Waals surface area contributed by atoms with Gasteiger partial charge in [-0.25, -0.2) is 22.9 Å². The highest BCUT2D eigenvalue weighted by Crippen LogP contribution is 2.47. The molecule has 1 fully saturated rings. The lowest BCUT2D eigenvalue weighted by molar-refractivity contribution is -0.261. The zero-order valence-corrected chi connectivity index (χ0v) is 18.3. The molecule has 17 heteroatoms. The Bertz CT molecular complexity index is 1360. The van der Waals surface area contributed by atoms with Gasteiger partial charge in [0.2, 0.25) is 11.7 Å². The molecule has 1 aromatic carbocycles. The largest absolute Gasteiger partial charge is 0.429 e. The number of primary sulfonamides is 1. The van der Waals surface area contributed by atoms with E-state index in [-0.39, 0.29) is 5.69 Å². The molecule has 9 nitrogen and oxygen atoms in total. The summed E-state index contributed by atoms with van der Waals surface area (Å²) in [6, 6.07) is 0.530. The molecule has 1 aliphatic rings. The molecule has 0 spiro atoms. The number of hydrogen-bond acceptors (Lipinski definition) is 7. The summed E-state index contributed by atoms with van der Waals surface area (Å²) in [6.45, 7) is -5.34. The van der Waals surface area contributed by atoms with Gasteiger partial charge in [0.05, 0.1) is 16.3 Å². The molecule has 3 rings (SSSR count). The molecule has 0 saturated carbocycles. The topological polar surface area (TPSA) is 124 Å². The number of methoxy groups -OCH3 is 1. The highest BCUT2D eigenvalue weighted by atomic mass is 32.2. The van der Waals surface area contributed by atoms with Crippen LogP contribution in [0.1, 0.15) is 10.5 Å². The van der Waals surface area contributed by atoms with E-state index < -0.39 is 88.5 Å². The van der Waals surface area contributed by atoms with Crippen molar-refractivity contribution in [3.63, 3.8) is 0 Å². The van der Waals surface area contributed by atoms with Crippen molar-refractivity contribution in [3.8, 4) is 5.75 Å². The summed E-state index contributed by atoms with van der Waals surface area (Å²) in [7, 11) is -8.07. The number of aromatic nitrogens is 1. The molecule has 1 saturated heterocycles. The number of pyridine rings is 1. The third-order valence-electron chi connectivity index (χ3n) is 5.18. The fourth-order valence-electron chi connectivity index (χ4n) is 3.51. The van der Waals surface area contributed by atoms with Gasteiger partial charge in [0.25, 0.3) is 10.0 Å². The van der Waals surface area contributed by atoms with Crippen molar-refractivity contribution in [1.29, 1.82) is 0 Å². The number of nitrogens with one attached hydrogen (secondary N) is 1. The van der Waals surface area contributed by atoms with E-state index in [1.54, 1.807) is 0 Å². The van der Waals surface area contributed by atoms with E-state index in [0.29, 0.717) is 17.0 Å². The van der Waals surface area contributed by atoms with Gasteiger partial charge in [0.1, 0.15) is 6.04 Å². The maximum Gasteiger partial charge on any atom is 0.419 e. The van der Waals surface area contributed by atoms with Gasteiger partial charge in [-0.2, -0.15) is 26.3 Å². The Morgan fingerprint density at radius 2 is 2.03 bits per heavy atom. The van der Waals surface area contributed by atoms with E-state index in [4.69, 9.17) is 9.25 Å². The number of hydrogen-bond donors (Lipinski definition) is 2. The fraction of sp³-hybridized carbons (Fsp3) is 0.368. The van der Waals surface area contributed by atoms with Crippen LogP contribution >= 0.6 is 0 Å². The van der Waals surface area contributed by atoms with Crippen LogP contribution in [0.15, 0.2) is 35.5 Å². The summed E-state index contributed by atoms with van der Waals surface area (Å²) in [5, 5.41) is 6.28. The second-order valence-corrected chi connectivity index (χ2v) is 8.96. The first-order valence-corrected chi connectivity index (χ1v) is 11.0. The van der Waals surface area contributed by atoms with E-state index in [0.717, 1.165) is 18.3 Å². The molecule has 1 aliphatic heterocycles. The molecule has 0 unspecified atom stereocenters. The number of nitrogens with two attached hydrogens (primary N) is 1. The number of rotatable bonds is 7. The molecule has 0 aliphatic carbocycles.